The third-order valence-corrected chi connectivity index (χ3v) is 4.68. The second kappa shape index (κ2) is 5.56. The minimum Gasteiger partial charge on any atom is -0.475 e. The fraction of sp³-hybridized carbons (Fsp3) is 0.294. The van der Waals surface area contributed by atoms with E-state index in [1.165, 1.54) is 12.4 Å². The number of nitrogens with zero attached hydrogens (tertiary/aromatic N) is 3. The number of aldehydes is 1. The molecular formula is C17H14ClN3O3. The summed E-state index contributed by atoms with van der Waals surface area (Å²) in [5, 5.41) is 0.443. The molecular weight excluding hydrogens is 330 g/mol. The third kappa shape index (κ3) is 2.34. The number of halogens is 1. The summed E-state index contributed by atoms with van der Waals surface area (Å²) in [5.41, 5.74) is 0.322. The van der Waals surface area contributed by atoms with Gasteiger partial charge < -0.3 is 4.74 Å². The van der Waals surface area contributed by atoms with Crippen molar-refractivity contribution in [2.45, 2.75) is 31.4 Å². The molecule has 1 aromatic carbocycles. The Bertz CT molecular complexity index is 818. The molecule has 1 spiro atoms. The molecule has 0 unspecified atom stereocenters. The number of amides is 1. The second-order valence-corrected chi connectivity index (χ2v) is 6.44. The predicted octanol–water partition coefficient (Wildman–Crippen LogP) is 2.79. The number of hydrogen-bond acceptors (Lipinski definition) is 5. The van der Waals surface area contributed by atoms with Gasteiger partial charge in [-0.1, -0.05) is 11.6 Å². The van der Waals surface area contributed by atoms with Crippen LogP contribution in [0.5, 0.6) is 5.75 Å². The van der Waals surface area contributed by atoms with E-state index in [4.69, 9.17) is 16.3 Å². The van der Waals surface area contributed by atoms with Gasteiger partial charge in [0.1, 0.15) is 17.9 Å². The number of ether oxygens (including phenoxy) is 1. The predicted molar refractivity (Wildman–Crippen MR) is 87.3 cm³/mol. The number of benzene rings is 1. The van der Waals surface area contributed by atoms with Crippen molar-refractivity contribution >= 4 is 29.5 Å². The van der Waals surface area contributed by atoms with Crippen LogP contribution in [0.15, 0.2) is 30.6 Å². The zero-order valence-corrected chi connectivity index (χ0v) is 13.5. The third-order valence-electron chi connectivity index (χ3n) is 4.49. The van der Waals surface area contributed by atoms with Crippen molar-refractivity contribution in [2.75, 3.05) is 4.90 Å². The van der Waals surface area contributed by atoms with E-state index in [0.717, 1.165) is 12.7 Å². The van der Waals surface area contributed by atoms with Crippen LogP contribution in [0.2, 0.25) is 5.02 Å². The summed E-state index contributed by atoms with van der Waals surface area (Å²) in [6.45, 7) is 0.231. The maximum absolute atomic E-state index is 13.0. The highest BCUT2D eigenvalue weighted by molar-refractivity contribution is 6.30. The molecule has 2 aromatic rings. The Morgan fingerprint density at radius 2 is 2.04 bits per heavy atom. The lowest BCUT2D eigenvalue weighted by atomic mass is 9.77. The van der Waals surface area contributed by atoms with Gasteiger partial charge in [-0.05, 0) is 37.5 Å². The Labute approximate surface area is 143 Å². The maximum Gasteiger partial charge on any atom is 0.271 e. The highest BCUT2D eigenvalue weighted by Crippen LogP contribution is 2.46. The van der Waals surface area contributed by atoms with Crippen molar-refractivity contribution in [3.8, 4) is 5.75 Å². The average Bonchev–Trinajstić information content (AvgIpc) is 2.57. The number of carbonyl (C=O) groups is 2. The van der Waals surface area contributed by atoms with Crippen LogP contribution in [-0.2, 0) is 11.3 Å². The van der Waals surface area contributed by atoms with Crippen LogP contribution in [-0.4, -0.2) is 27.8 Å². The monoisotopic (exact) mass is 343 g/mol. The lowest BCUT2D eigenvalue weighted by Gasteiger charge is -2.47. The zero-order valence-electron chi connectivity index (χ0n) is 12.7. The van der Waals surface area contributed by atoms with E-state index in [0.29, 0.717) is 40.7 Å². The average molecular weight is 344 g/mol. The van der Waals surface area contributed by atoms with Gasteiger partial charge in [0.05, 0.1) is 17.3 Å². The smallest absolute Gasteiger partial charge is 0.271 e. The Balaban J connectivity index is 1.75. The fourth-order valence-corrected chi connectivity index (χ4v) is 3.15. The van der Waals surface area contributed by atoms with Crippen molar-refractivity contribution in [2.24, 2.45) is 0 Å². The molecule has 0 bridgehead atoms. The van der Waals surface area contributed by atoms with Gasteiger partial charge in [-0.3, -0.25) is 14.5 Å². The van der Waals surface area contributed by atoms with E-state index in [1.807, 2.05) is 0 Å². The van der Waals surface area contributed by atoms with Crippen LogP contribution in [0.3, 0.4) is 0 Å². The van der Waals surface area contributed by atoms with E-state index in [9.17, 15) is 9.59 Å². The van der Waals surface area contributed by atoms with Crippen molar-refractivity contribution < 1.29 is 14.3 Å². The van der Waals surface area contributed by atoms with Crippen LogP contribution in [0.1, 0.15) is 35.4 Å². The summed E-state index contributed by atoms with van der Waals surface area (Å²) >= 11 is 5.82. The van der Waals surface area contributed by atoms with Gasteiger partial charge in [-0.15, -0.1) is 0 Å². The fourth-order valence-electron chi connectivity index (χ4n) is 3.05. The van der Waals surface area contributed by atoms with Crippen molar-refractivity contribution in [1.29, 1.82) is 0 Å². The van der Waals surface area contributed by atoms with Gasteiger partial charge in [0.15, 0.2) is 5.60 Å². The summed E-state index contributed by atoms with van der Waals surface area (Å²) in [7, 11) is 0. The number of fused-ring (bicyclic) bond motifs is 1. The first-order valence-electron chi connectivity index (χ1n) is 7.68. The van der Waals surface area contributed by atoms with Crippen molar-refractivity contribution in [1.82, 2.24) is 9.97 Å². The van der Waals surface area contributed by atoms with E-state index in [-0.39, 0.29) is 12.5 Å². The molecule has 4 rings (SSSR count). The Kier molecular flexibility index (Phi) is 3.49. The van der Waals surface area contributed by atoms with Crippen LogP contribution >= 0.6 is 11.6 Å². The van der Waals surface area contributed by atoms with Crippen LogP contribution in [0.4, 0.5) is 5.69 Å². The summed E-state index contributed by atoms with van der Waals surface area (Å²) in [4.78, 5) is 34.0. The molecule has 7 heteroatoms. The van der Waals surface area contributed by atoms with Gasteiger partial charge in [0, 0.05) is 18.0 Å². The molecule has 1 aliphatic carbocycles. The molecule has 122 valence electrons. The van der Waals surface area contributed by atoms with Gasteiger partial charge in [-0.25, -0.2) is 9.97 Å². The van der Waals surface area contributed by atoms with E-state index in [2.05, 4.69) is 9.97 Å². The number of carbonyl (C=O) groups excluding carboxylic acids is 2. The molecule has 1 aliphatic heterocycles. The molecule has 0 atom stereocenters. The largest absolute Gasteiger partial charge is 0.475 e. The van der Waals surface area contributed by atoms with Gasteiger partial charge in [-0.2, -0.15) is 0 Å². The quantitative estimate of drug-likeness (QED) is 0.801. The van der Waals surface area contributed by atoms with E-state index in [1.54, 1.807) is 23.1 Å². The van der Waals surface area contributed by atoms with Crippen molar-refractivity contribution in [3.63, 3.8) is 0 Å². The van der Waals surface area contributed by atoms with E-state index >= 15 is 0 Å². The number of anilines is 1. The van der Waals surface area contributed by atoms with Gasteiger partial charge >= 0.3 is 0 Å². The van der Waals surface area contributed by atoms with Crippen molar-refractivity contribution in [3.05, 3.63) is 47.0 Å². The minimum atomic E-state index is -0.819. The first-order chi connectivity index (χ1) is 11.6. The topological polar surface area (TPSA) is 72.4 Å². The molecule has 2 aliphatic rings. The molecule has 0 radical (unpaired) electrons. The van der Waals surface area contributed by atoms with Crippen LogP contribution in [0.25, 0.3) is 0 Å². The molecule has 1 saturated carbocycles. The van der Waals surface area contributed by atoms with Crippen LogP contribution in [0, 0.1) is 0 Å². The minimum absolute atomic E-state index is 0.0846. The molecule has 6 nitrogen and oxygen atoms in total. The Hall–Kier alpha value is -2.47. The molecule has 1 amide bonds. The molecule has 0 N–H and O–H groups in total. The molecule has 24 heavy (non-hydrogen) atoms. The summed E-state index contributed by atoms with van der Waals surface area (Å²) < 4.78 is 5.99. The first-order valence-corrected chi connectivity index (χ1v) is 8.06. The second-order valence-electron chi connectivity index (χ2n) is 6.00. The lowest BCUT2D eigenvalue weighted by Crippen LogP contribution is -2.59. The molecule has 1 fully saturated rings. The summed E-state index contributed by atoms with van der Waals surface area (Å²) in [5.74, 6) is 0.959. The normalized spacial score (nSPS) is 17.9. The standard InChI is InChI=1S/C17H14ClN3O3/c18-12-7-19-15(20-8-12)9-21-13-3-2-11(10-22)6-14(13)24-17(16(21)23)4-1-5-17/h2-3,6-8,10H,1,4-5,9H2. The highest BCUT2D eigenvalue weighted by Gasteiger charge is 2.52. The maximum atomic E-state index is 13.0. The Morgan fingerprint density at radius 3 is 2.67 bits per heavy atom. The first kappa shape index (κ1) is 15.1. The zero-order chi connectivity index (χ0) is 16.7. The number of rotatable bonds is 3. The SMILES string of the molecule is O=Cc1ccc2c(c1)OC1(CCC1)C(=O)N2Cc1ncc(Cl)cn1. The molecule has 0 saturated heterocycles. The Morgan fingerprint density at radius 1 is 1.29 bits per heavy atom. The summed E-state index contributed by atoms with van der Waals surface area (Å²) in [6, 6.07) is 5.06. The molecule has 2 heterocycles. The van der Waals surface area contributed by atoms with Gasteiger partial charge in [0.2, 0.25) is 0 Å². The lowest BCUT2D eigenvalue weighted by molar-refractivity contribution is -0.143. The summed E-state index contributed by atoms with van der Waals surface area (Å²) in [6.07, 6.45) is 6.07. The van der Waals surface area contributed by atoms with E-state index < -0.39 is 5.60 Å². The molecule has 1 aromatic heterocycles. The number of hydrogen-bond donors (Lipinski definition) is 0. The van der Waals surface area contributed by atoms with Crippen LogP contribution < -0.4 is 9.64 Å². The number of aromatic nitrogens is 2. The van der Waals surface area contributed by atoms with Gasteiger partial charge in [0.25, 0.3) is 5.91 Å². The highest BCUT2D eigenvalue weighted by atomic mass is 35.5.